The Balaban J connectivity index is 1.20. The molecule has 1 aromatic carbocycles. The van der Waals surface area contributed by atoms with E-state index in [1.807, 2.05) is 18.2 Å². The summed E-state index contributed by atoms with van der Waals surface area (Å²) in [7, 11) is 0. The van der Waals surface area contributed by atoms with Gasteiger partial charge in [-0.3, -0.25) is 19.7 Å². The molecule has 3 saturated heterocycles. The van der Waals surface area contributed by atoms with Gasteiger partial charge in [-0.15, -0.1) is 0 Å². The van der Waals surface area contributed by atoms with Crippen molar-refractivity contribution >= 4 is 17.7 Å². The molecule has 0 spiro atoms. The van der Waals surface area contributed by atoms with Crippen LogP contribution >= 0.6 is 0 Å². The molecular formula is C25H30N4O3. The van der Waals surface area contributed by atoms with Crippen molar-refractivity contribution in [3.63, 3.8) is 0 Å². The third-order valence-corrected chi connectivity index (χ3v) is 7.30. The molecule has 0 saturated carbocycles. The number of benzene rings is 1. The molecule has 4 aliphatic heterocycles. The minimum atomic E-state index is -0.577. The largest absolute Gasteiger partial charge is 0.322 e. The lowest BCUT2D eigenvalue weighted by Gasteiger charge is -2.38. The second kappa shape index (κ2) is 9.05. The molecular weight excluding hydrogens is 404 g/mol. The van der Waals surface area contributed by atoms with Crippen LogP contribution in [0.4, 0.5) is 0 Å². The number of imide groups is 1. The normalized spacial score (nSPS) is 25.3. The summed E-state index contributed by atoms with van der Waals surface area (Å²) in [6, 6.07) is 5.87. The van der Waals surface area contributed by atoms with Crippen molar-refractivity contribution in [3.05, 3.63) is 34.9 Å². The first-order chi connectivity index (χ1) is 15.6. The Kier molecular flexibility index (Phi) is 5.99. The number of nitrogens with one attached hydrogen (secondary N) is 2. The number of nitrogens with zero attached hydrogens (tertiary/aromatic N) is 2. The summed E-state index contributed by atoms with van der Waals surface area (Å²) >= 11 is 0. The number of hydrogen-bond donors (Lipinski definition) is 2. The van der Waals surface area contributed by atoms with E-state index >= 15 is 0 Å². The van der Waals surface area contributed by atoms with E-state index in [4.69, 9.17) is 0 Å². The molecule has 0 bridgehead atoms. The lowest BCUT2D eigenvalue weighted by Crippen LogP contribution is -2.52. The molecule has 4 heterocycles. The van der Waals surface area contributed by atoms with Crippen molar-refractivity contribution < 1.29 is 14.4 Å². The molecule has 3 fully saturated rings. The number of amides is 3. The van der Waals surface area contributed by atoms with Gasteiger partial charge in [0.05, 0.1) is 0 Å². The van der Waals surface area contributed by atoms with Crippen molar-refractivity contribution in [2.75, 3.05) is 26.2 Å². The van der Waals surface area contributed by atoms with Gasteiger partial charge in [0.1, 0.15) is 6.04 Å². The van der Waals surface area contributed by atoms with Crippen LogP contribution < -0.4 is 10.6 Å². The van der Waals surface area contributed by atoms with Crippen molar-refractivity contribution in [1.82, 2.24) is 20.4 Å². The fraction of sp³-hybridized carbons (Fsp3) is 0.560. The molecule has 5 rings (SSSR count). The van der Waals surface area contributed by atoms with Gasteiger partial charge in [0.2, 0.25) is 11.8 Å². The highest BCUT2D eigenvalue weighted by atomic mass is 16.2. The van der Waals surface area contributed by atoms with Crippen molar-refractivity contribution in [1.29, 1.82) is 0 Å². The number of carbonyl (C=O) groups is 3. The van der Waals surface area contributed by atoms with Crippen molar-refractivity contribution in [3.8, 4) is 11.8 Å². The molecule has 1 unspecified atom stereocenters. The molecule has 7 heteroatoms. The Morgan fingerprint density at radius 3 is 2.50 bits per heavy atom. The first-order valence-corrected chi connectivity index (χ1v) is 11.8. The highest BCUT2D eigenvalue weighted by molar-refractivity contribution is 6.05. The van der Waals surface area contributed by atoms with E-state index in [0.717, 1.165) is 56.2 Å². The van der Waals surface area contributed by atoms with Crippen molar-refractivity contribution in [2.24, 2.45) is 5.92 Å². The topological polar surface area (TPSA) is 81.8 Å². The zero-order chi connectivity index (χ0) is 22.1. The first-order valence-electron chi connectivity index (χ1n) is 11.8. The molecule has 0 aromatic heterocycles. The van der Waals surface area contributed by atoms with Crippen LogP contribution in [0.15, 0.2) is 18.2 Å². The van der Waals surface area contributed by atoms with Crippen LogP contribution in [-0.4, -0.2) is 65.8 Å². The Morgan fingerprint density at radius 1 is 0.969 bits per heavy atom. The number of rotatable bonds is 2. The lowest BCUT2D eigenvalue weighted by atomic mass is 9.94. The molecule has 4 aliphatic rings. The SMILES string of the molecule is O=C1CCC(N2Cc3cc(C#CC4CCN(C5CCNCC5)CC4)ccc3C2=O)C(=O)N1. The summed E-state index contributed by atoms with van der Waals surface area (Å²) in [5.74, 6) is 6.43. The number of likely N-dealkylation sites (tertiary alicyclic amines) is 1. The Hall–Kier alpha value is -2.69. The molecule has 0 radical (unpaired) electrons. The standard InChI is InChI=1S/C25H30N4O3/c30-23-6-5-22(24(31)27-23)29-16-19-15-18(3-4-21(19)25(29)32)2-1-17-9-13-28(14-10-17)20-7-11-26-12-8-20/h3-4,15,17,20,22,26H,5-14,16H2,(H,27,30,31). The smallest absolute Gasteiger partial charge is 0.255 e. The van der Waals surface area contributed by atoms with Gasteiger partial charge in [-0.2, -0.15) is 0 Å². The monoisotopic (exact) mass is 434 g/mol. The van der Waals surface area contributed by atoms with E-state index in [1.54, 1.807) is 4.90 Å². The van der Waals surface area contributed by atoms with Crippen LogP contribution in [-0.2, 0) is 16.1 Å². The lowest BCUT2D eigenvalue weighted by molar-refractivity contribution is -0.136. The van der Waals surface area contributed by atoms with Gasteiger partial charge < -0.3 is 15.1 Å². The Bertz CT molecular complexity index is 981. The van der Waals surface area contributed by atoms with Gasteiger partial charge in [-0.05, 0) is 82.0 Å². The minimum Gasteiger partial charge on any atom is -0.322 e. The maximum Gasteiger partial charge on any atom is 0.255 e. The molecule has 3 amide bonds. The summed E-state index contributed by atoms with van der Waals surface area (Å²) in [5, 5.41) is 5.79. The predicted molar refractivity (Wildman–Crippen MR) is 120 cm³/mol. The second-order valence-corrected chi connectivity index (χ2v) is 9.33. The zero-order valence-electron chi connectivity index (χ0n) is 18.4. The number of piperidine rings is 3. The van der Waals surface area contributed by atoms with Gasteiger partial charge in [0, 0.05) is 36.1 Å². The highest BCUT2D eigenvalue weighted by Crippen LogP contribution is 2.28. The molecule has 1 aromatic rings. The zero-order valence-corrected chi connectivity index (χ0v) is 18.4. The van der Waals surface area contributed by atoms with Crippen LogP contribution in [0.2, 0.25) is 0 Å². The highest BCUT2D eigenvalue weighted by Gasteiger charge is 2.39. The summed E-state index contributed by atoms with van der Waals surface area (Å²) in [4.78, 5) is 40.7. The molecule has 1 atom stereocenters. The molecule has 2 N–H and O–H groups in total. The third-order valence-electron chi connectivity index (χ3n) is 7.30. The van der Waals surface area contributed by atoms with Gasteiger partial charge in [0.25, 0.3) is 5.91 Å². The average molecular weight is 435 g/mol. The van der Waals surface area contributed by atoms with Gasteiger partial charge in [-0.1, -0.05) is 11.8 Å². The van der Waals surface area contributed by atoms with Crippen molar-refractivity contribution in [2.45, 2.75) is 57.2 Å². The first kappa shape index (κ1) is 21.2. The van der Waals surface area contributed by atoms with Crippen LogP contribution in [0.25, 0.3) is 0 Å². The maximum absolute atomic E-state index is 12.8. The van der Waals surface area contributed by atoms with Crippen LogP contribution in [0.5, 0.6) is 0 Å². The van der Waals surface area contributed by atoms with Gasteiger partial charge in [-0.25, -0.2) is 0 Å². The predicted octanol–water partition coefficient (Wildman–Crippen LogP) is 1.26. The quantitative estimate of drug-likeness (QED) is 0.541. The van der Waals surface area contributed by atoms with E-state index in [2.05, 4.69) is 27.4 Å². The Morgan fingerprint density at radius 2 is 1.75 bits per heavy atom. The average Bonchev–Trinajstić information content (AvgIpc) is 3.14. The summed E-state index contributed by atoms with van der Waals surface area (Å²) in [6.45, 7) is 4.91. The third kappa shape index (κ3) is 4.30. The minimum absolute atomic E-state index is 0.140. The summed E-state index contributed by atoms with van der Waals surface area (Å²) < 4.78 is 0. The number of hydrogen-bond acceptors (Lipinski definition) is 5. The molecule has 32 heavy (non-hydrogen) atoms. The maximum atomic E-state index is 12.8. The fourth-order valence-electron chi connectivity index (χ4n) is 5.42. The Labute approximate surface area is 188 Å². The summed E-state index contributed by atoms with van der Waals surface area (Å²) in [5.41, 5.74) is 2.46. The van der Waals surface area contributed by atoms with Crippen LogP contribution in [0.3, 0.4) is 0 Å². The number of carbonyl (C=O) groups excluding carboxylic acids is 3. The van der Waals surface area contributed by atoms with E-state index in [1.165, 1.54) is 12.8 Å². The number of fused-ring (bicyclic) bond motifs is 1. The van der Waals surface area contributed by atoms with E-state index in [-0.39, 0.29) is 24.1 Å². The van der Waals surface area contributed by atoms with Gasteiger partial charge in [0.15, 0.2) is 0 Å². The van der Waals surface area contributed by atoms with Crippen LogP contribution in [0, 0.1) is 17.8 Å². The van der Waals surface area contributed by atoms with E-state index in [9.17, 15) is 14.4 Å². The molecule has 0 aliphatic carbocycles. The fourth-order valence-corrected chi connectivity index (χ4v) is 5.42. The summed E-state index contributed by atoms with van der Waals surface area (Å²) in [6.07, 6.45) is 5.38. The molecule has 168 valence electrons. The molecule has 7 nitrogen and oxygen atoms in total. The van der Waals surface area contributed by atoms with E-state index in [0.29, 0.717) is 24.4 Å². The van der Waals surface area contributed by atoms with Crippen LogP contribution in [0.1, 0.15) is 60.0 Å². The second-order valence-electron chi connectivity index (χ2n) is 9.33. The van der Waals surface area contributed by atoms with Gasteiger partial charge >= 0.3 is 0 Å². The van der Waals surface area contributed by atoms with E-state index < -0.39 is 6.04 Å².